The number of nitrogens with two attached hydrogens (primary N) is 1. The van der Waals surface area contributed by atoms with Gasteiger partial charge >= 0.3 is 5.97 Å². The lowest BCUT2D eigenvalue weighted by Crippen LogP contribution is -2.50. The molecule has 0 bridgehead atoms. The summed E-state index contributed by atoms with van der Waals surface area (Å²) < 4.78 is 0. The van der Waals surface area contributed by atoms with Crippen molar-refractivity contribution in [2.45, 2.75) is 51.0 Å². The second-order valence-electron chi connectivity index (χ2n) is 7.19. The lowest BCUT2D eigenvalue weighted by atomic mass is 9.79. The number of likely N-dealkylation sites (tertiary alicyclic amines) is 1. The van der Waals surface area contributed by atoms with E-state index in [1.54, 1.807) is 0 Å². The summed E-state index contributed by atoms with van der Waals surface area (Å²) in [5.41, 5.74) is 6.75. The molecule has 108 valence electrons. The van der Waals surface area contributed by atoms with Gasteiger partial charge in [-0.3, -0.25) is 4.79 Å². The van der Waals surface area contributed by atoms with Gasteiger partial charge in [0.2, 0.25) is 0 Å². The monoisotopic (exact) mass is 266 g/mol. The Balaban J connectivity index is 1.50. The normalized spacial score (nSPS) is 35.4. The van der Waals surface area contributed by atoms with Gasteiger partial charge in [-0.25, -0.2) is 0 Å². The lowest BCUT2D eigenvalue weighted by Gasteiger charge is -2.38. The van der Waals surface area contributed by atoms with Crippen molar-refractivity contribution >= 4 is 5.97 Å². The third-order valence-corrected chi connectivity index (χ3v) is 5.55. The molecule has 3 N–H and O–H groups in total. The Hall–Kier alpha value is -0.610. The zero-order chi connectivity index (χ0) is 13.5. The van der Waals surface area contributed by atoms with Crippen LogP contribution in [0.4, 0.5) is 0 Å². The minimum atomic E-state index is -0.680. The standard InChI is InChI=1S/C15H26N2O2/c16-13-7-12(14(18)19)9-17(10-13)8-11-1-3-15(4-2-11)5-6-15/h11-13H,1-10,16H2,(H,18,19). The molecule has 2 aliphatic carbocycles. The molecule has 0 amide bonds. The van der Waals surface area contributed by atoms with E-state index in [-0.39, 0.29) is 12.0 Å². The molecule has 1 heterocycles. The minimum Gasteiger partial charge on any atom is -0.481 e. The predicted octanol–water partition coefficient (Wildman–Crippen LogP) is 1.69. The molecule has 3 fully saturated rings. The third kappa shape index (κ3) is 3.11. The first-order valence-corrected chi connectivity index (χ1v) is 7.77. The van der Waals surface area contributed by atoms with E-state index in [0.29, 0.717) is 13.0 Å². The number of nitrogens with zero attached hydrogens (tertiary/aromatic N) is 1. The third-order valence-electron chi connectivity index (χ3n) is 5.55. The molecule has 2 saturated carbocycles. The zero-order valence-corrected chi connectivity index (χ0v) is 11.7. The van der Waals surface area contributed by atoms with Crippen LogP contribution in [-0.2, 0) is 4.79 Å². The van der Waals surface area contributed by atoms with Crippen LogP contribution in [0.25, 0.3) is 0 Å². The summed E-state index contributed by atoms with van der Waals surface area (Å²) in [6.07, 6.45) is 9.02. The van der Waals surface area contributed by atoms with E-state index in [1.807, 2.05) is 0 Å². The second-order valence-corrected chi connectivity index (χ2v) is 7.19. The maximum atomic E-state index is 11.1. The molecule has 1 saturated heterocycles. The summed E-state index contributed by atoms with van der Waals surface area (Å²) in [6, 6.07) is 0.0354. The first-order chi connectivity index (χ1) is 9.06. The summed E-state index contributed by atoms with van der Waals surface area (Å²) >= 11 is 0. The number of piperidine rings is 1. The van der Waals surface area contributed by atoms with Crippen molar-refractivity contribution in [1.82, 2.24) is 4.90 Å². The first-order valence-electron chi connectivity index (χ1n) is 7.77. The fraction of sp³-hybridized carbons (Fsp3) is 0.933. The molecule has 0 aromatic heterocycles. The van der Waals surface area contributed by atoms with Crippen LogP contribution in [0.15, 0.2) is 0 Å². The molecule has 0 aromatic rings. The first kappa shape index (κ1) is 13.4. The minimum absolute atomic E-state index is 0.0354. The fourth-order valence-corrected chi connectivity index (χ4v) is 4.07. The number of hydrogen-bond acceptors (Lipinski definition) is 3. The Bertz CT molecular complexity index is 344. The summed E-state index contributed by atoms with van der Waals surface area (Å²) in [7, 11) is 0. The lowest BCUT2D eigenvalue weighted by molar-refractivity contribution is -0.144. The van der Waals surface area contributed by atoms with E-state index < -0.39 is 5.97 Å². The van der Waals surface area contributed by atoms with E-state index in [1.165, 1.54) is 38.5 Å². The summed E-state index contributed by atoms with van der Waals surface area (Å²) in [4.78, 5) is 13.5. The summed E-state index contributed by atoms with van der Waals surface area (Å²) in [6.45, 7) is 2.64. The van der Waals surface area contributed by atoms with Gasteiger partial charge < -0.3 is 15.7 Å². The smallest absolute Gasteiger partial charge is 0.307 e. The SMILES string of the molecule is NC1CC(C(=O)O)CN(CC2CCC3(CC2)CC3)C1. The Kier molecular flexibility index (Phi) is 3.56. The molecule has 1 aliphatic heterocycles. The van der Waals surface area contributed by atoms with Crippen LogP contribution in [-0.4, -0.2) is 41.7 Å². The Labute approximate surface area is 115 Å². The van der Waals surface area contributed by atoms with Crippen molar-refractivity contribution in [2.75, 3.05) is 19.6 Å². The molecule has 2 unspecified atom stereocenters. The van der Waals surface area contributed by atoms with Gasteiger partial charge in [0, 0.05) is 25.7 Å². The highest BCUT2D eigenvalue weighted by molar-refractivity contribution is 5.70. The maximum Gasteiger partial charge on any atom is 0.307 e. The molecule has 3 aliphatic rings. The number of carboxylic acids is 1. The number of rotatable bonds is 3. The van der Waals surface area contributed by atoms with Crippen LogP contribution in [0, 0.1) is 17.3 Å². The van der Waals surface area contributed by atoms with Gasteiger partial charge in [0.15, 0.2) is 0 Å². The van der Waals surface area contributed by atoms with Crippen LogP contribution in [0.5, 0.6) is 0 Å². The van der Waals surface area contributed by atoms with Crippen LogP contribution in [0.3, 0.4) is 0 Å². The molecular weight excluding hydrogens is 240 g/mol. The molecule has 19 heavy (non-hydrogen) atoms. The molecule has 2 atom stereocenters. The average molecular weight is 266 g/mol. The van der Waals surface area contributed by atoms with Crippen molar-refractivity contribution < 1.29 is 9.90 Å². The van der Waals surface area contributed by atoms with Gasteiger partial charge in [-0.2, -0.15) is 0 Å². The van der Waals surface area contributed by atoms with Gasteiger partial charge in [-0.1, -0.05) is 0 Å². The van der Waals surface area contributed by atoms with E-state index in [9.17, 15) is 9.90 Å². The van der Waals surface area contributed by atoms with Crippen molar-refractivity contribution in [3.05, 3.63) is 0 Å². The number of aliphatic carboxylic acids is 1. The molecular formula is C15H26N2O2. The van der Waals surface area contributed by atoms with Crippen LogP contribution >= 0.6 is 0 Å². The number of carboxylic acid groups (broad SMARTS) is 1. The maximum absolute atomic E-state index is 11.1. The molecule has 3 rings (SSSR count). The largest absolute Gasteiger partial charge is 0.481 e. The van der Waals surface area contributed by atoms with Gasteiger partial charge in [0.05, 0.1) is 5.92 Å². The van der Waals surface area contributed by atoms with Crippen molar-refractivity contribution in [1.29, 1.82) is 0 Å². The van der Waals surface area contributed by atoms with E-state index in [4.69, 9.17) is 5.73 Å². The van der Waals surface area contributed by atoms with Gasteiger partial charge in [0.25, 0.3) is 0 Å². The second kappa shape index (κ2) is 5.06. The van der Waals surface area contributed by atoms with Crippen molar-refractivity contribution in [2.24, 2.45) is 23.0 Å². The quantitative estimate of drug-likeness (QED) is 0.816. The van der Waals surface area contributed by atoms with E-state index in [0.717, 1.165) is 24.4 Å². The zero-order valence-electron chi connectivity index (χ0n) is 11.7. The number of hydrogen-bond donors (Lipinski definition) is 2. The number of carbonyl (C=O) groups is 1. The van der Waals surface area contributed by atoms with Gasteiger partial charge in [0.1, 0.15) is 0 Å². The topological polar surface area (TPSA) is 66.6 Å². The van der Waals surface area contributed by atoms with Crippen LogP contribution < -0.4 is 5.73 Å². The summed E-state index contributed by atoms with van der Waals surface area (Å²) in [5, 5.41) is 9.17. The van der Waals surface area contributed by atoms with Gasteiger partial charge in [-0.05, 0) is 56.3 Å². The van der Waals surface area contributed by atoms with Crippen LogP contribution in [0.2, 0.25) is 0 Å². The average Bonchev–Trinajstić information content (AvgIpc) is 3.12. The molecule has 0 radical (unpaired) electrons. The van der Waals surface area contributed by atoms with Crippen LogP contribution in [0.1, 0.15) is 44.9 Å². The van der Waals surface area contributed by atoms with Gasteiger partial charge in [-0.15, -0.1) is 0 Å². The van der Waals surface area contributed by atoms with E-state index >= 15 is 0 Å². The Morgan fingerprint density at radius 3 is 2.47 bits per heavy atom. The Morgan fingerprint density at radius 1 is 1.21 bits per heavy atom. The fourth-order valence-electron chi connectivity index (χ4n) is 4.07. The molecule has 1 spiro atoms. The highest BCUT2D eigenvalue weighted by Gasteiger charge is 2.45. The predicted molar refractivity (Wildman–Crippen MR) is 73.8 cm³/mol. The highest BCUT2D eigenvalue weighted by atomic mass is 16.4. The van der Waals surface area contributed by atoms with Crippen molar-refractivity contribution in [3.8, 4) is 0 Å². The summed E-state index contributed by atoms with van der Waals surface area (Å²) in [5.74, 6) is -0.172. The molecule has 4 nitrogen and oxygen atoms in total. The van der Waals surface area contributed by atoms with E-state index in [2.05, 4.69) is 4.90 Å². The molecule has 0 aromatic carbocycles. The highest BCUT2D eigenvalue weighted by Crippen LogP contribution is 2.57. The Morgan fingerprint density at radius 2 is 1.89 bits per heavy atom. The van der Waals surface area contributed by atoms with Crippen molar-refractivity contribution in [3.63, 3.8) is 0 Å². The molecule has 4 heteroatoms.